The molecule has 5 aromatic heterocycles. The van der Waals surface area contributed by atoms with Crippen LogP contribution in [0.5, 0.6) is 0 Å². The smallest absolute Gasteiger partial charge is 0.268 e. The fourth-order valence-electron chi connectivity index (χ4n) is 12.1. The number of amides is 1. The molecule has 7 rings (SSSR count). The molecule has 4 nitrogen and oxygen atoms in total. The zero-order valence-electron chi connectivity index (χ0n) is 50.9. The monoisotopic (exact) mass is 1170 g/mol. The molecule has 10 heteroatoms. The number of hydrogen-bond acceptors (Lipinski definition) is 8. The lowest BCUT2D eigenvalue weighted by Crippen LogP contribution is -2.32. The van der Waals surface area contributed by atoms with Gasteiger partial charge in [-0.15, -0.1) is 56.7 Å². The molecule has 78 heavy (non-hydrogen) atoms. The molecule has 0 bridgehead atoms. The summed E-state index contributed by atoms with van der Waals surface area (Å²) >= 11 is 9.40. The van der Waals surface area contributed by atoms with E-state index in [4.69, 9.17) is 0 Å². The Morgan fingerprint density at radius 3 is 1.72 bits per heavy atom. The van der Waals surface area contributed by atoms with E-state index in [0.717, 1.165) is 78.8 Å². The third-order valence-corrected chi connectivity index (χ3v) is 26.7. The third kappa shape index (κ3) is 13.6. The Hall–Kier alpha value is -2.60. The molecule has 0 aliphatic carbocycles. The third-order valence-electron chi connectivity index (χ3n) is 18.2. The first kappa shape index (κ1) is 63.0. The van der Waals surface area contributed by atoms with E-state index in [-0.39, 0.29) is 17.9 Å². The van der Waals surface area contributed by atoms with Crippen molar-refractivity contribution in [1.29, 1.82) is 0 Å². The van der Waals surface area contributed by atoms with Crippen LogP contribution in [0.2, 0.25) is 0 Å². The largest absolute Gasteiger partial charge is 0.270 e. The first-order valence-electron chi connectivity index (χ1n) is 30.8. The van der Waals surface area contributed by atoms with Gasteiger partial charge in [-0.25, -0.2) is 12.7 Å². The maximum absolute atomic E-state index is 15.3. The van der Waals surface area contributed by atoms with Crippen molar-refractivity contribution in [3.05, 3.63) is 73.1 Å². The van der Waals surface area contributed by atoms with Gasteiger partial charge in [-0.1, -0.05) is 192 Å². The van der Waals surface area contributed by atoms with Gasteiger partial charge >= 0.3 is 0 Å². The molecule has 0 radical (unpaired) electrons. The highest BCUT2D eigenvalue weighted by Gasteiger charge is 2.50. The minimum Gasteiger partial charge on any atom is -0.268 e. The summed E-state index contributed by atoms with van der Waals surface area (Å²) in [5.41, 5.74) is 3.90. The second-order valence-corrected chi connectivity index (χ2v) is 32.4. The average molecular weight is 1170 g/mol. The van der Waals surface area contributed by atoms with Gasteiger partial charge in [0.05, 0.1) is 10.4 Å². The number of rotatable bonds is 32. The normalized spacial score (nSPS) is 16.4. The van der Waals surface area contributed by atoms with Gasteiger partial charge in [0.2, 0.25) is 0 Å². The van der Waals surface area contributed by atoms with Crippen molar-refractivity contribution in [2.24, 2.45) is 29.6 Å². The van der Waals surface area contributed by atoms with E-state index in [1.165, 1.54) is 123 Å². The average Bonchev–Trinajstić information content (AvgIpc) is 4.31. The van der Waals surface area contributed by atoms with Crippen LogP contribution in [-0.4, -0.2) is 25.2 Å². The molecule has 6 aromatic rings. The zero-order valence-corrected chi connectivity index (χ0v) is 55.8. The van der Waals surface area contributed by atoms with E-state index >= 15 is 13.2 Å². The van der Waals surface area contributed by atoms with Crippen LogP contribution in [0, 0.1) is 29.6 Å². The summed E-state index contributed by atoms with van der Waals surface area (Å²) in [6, 6.07) is 14.7. The number of carbonyl (C=O) groups is 1. The SMILES string of the molecule is CCCCCCCCN1C(=O)c2c(-c3cc4c(-c5ccc(CC(CC)CCCC)s5)c5sc(C(C)(CC=C(C)C)C(C)C(C)C)cc5c(-c5ccc(CC(CC)CCCC)s5)c4s3)sc(C(C)(CC)CCC(C)C)c2S1(=O)=O. The topological polar surface area (TPSA) is 54.5 Å². The van der Waals surface area contributed by atoms with Crippen molar-refractivity contribution in [1.82, 2.24) is 4.31 Å². The fraction of sp³-hybridized carbons (Fsp3) is 0.632. The number of hydrogen-bond donors (Lipinski definition) is 0. The second-order valence-electron chi connectivity index (χ2n) is 25.1. The lowest BCUT2D eigenvalue weighted by Gasteiger charge is -2.37. The molecule has 1 aliphatic rings. The Labute approximate surface area is 494 Å². The Morgan fingerprint density at radius 1 is 0.641 bits per heavy atom. The predicted octanol–water partition coefficient (Wildman–Crippen LogP) is 23.3. The maximum Gasteiger partial charge on any atom is 0.270 e. The molecule has 0 N–H and O–H groups in total. The van der Waals surface area contributed by atoms with Crippen LogP contribution >= 0.6 is 56.7 Å². The summed E-state index contributed by atoms with van der Waals surface area (Å²) in [6.45, 7) is 35.0. The van der Waals surface area contributed by atoms with E-state index in [2.05, 4.69) is 146 Å². The Bertz CT molecular complexity index is 2960. The summed E-state index contributed by atoms with van der Waals surface area (Å²) in [4.78, 5) is 25.2. The molecular weight excluding hydrogens is 1070 g/mol. The van der Waals surface area contributed by atoms with Gasteiger partial charge in [-0.2, -0.15) is 0 Å². The van der Waals surface area contributed by atoms with Crippen LogP contribution in [0.15, 0.2) is 52.9 Å². The van der Waals surface area contributed by atoms with Crippen LogP contribution in [0.1, 0.15) is 249 Å². The molecule has 0 fully saturated rings. The molecule has 0 saturated carbocycles. The molecule has 430 valence electrons. The number of thiophene rings is 5. The van der Waals surface area contributed by atoms with Crippen LogP contribution < -0.4 is 0 Å². The number of fused-ring (bicyclic) bond motifs is 3. The summed E-state index contributed by atoms with van der Waals surface area (Å²) in [5.74, 6) is 2.40. The highest BCUT2D eigenvalue weighted by Crippen LogP contribution is 2.58. The molecule has 1 amide bonds. The van der Waals surface area contributed by atoms with Crippen LogP contribution in [0.3, 0.4) is 0 Å². The van der Waals surface area contributed by atoms with Crippen molar-refractivity contribution in [3.8, 4) is 30.6 Å². The molecule has 5 atom stereocenters. The number of carbonyl (C=O) groups excluding carboxylic acids is 1. The van der Waals surface area contributed by atoms with E-state index in [9.17, 15) is 0 Å². The predicted molar refractivity (Wildman–Crippen MR) is 350 cm³/mol. The van der Waals surface area contributed by atoms with Crippen molar-refractivity contribution >= 4 is 92.8 Å². The molecule has 1 aromatic carbocycles. The van der Waals surface area contributed by atoms with Gasteiger partial charge in [0, 0.05) is 82.8 Å². The van der Waals surface area contributed by atoms with Gasteiger partial charge in [0.1, 0.15) is 4.90 Å². The Balaban J connectivity index is 1.56. The van der Waals surface area contributed by atoms with Crippen molar-refractivity contribution in [2.45, 2.75) is 248 Å². The number of nitrogens with zero attached hydrogens (tertiary/aromatic N) is 1. The summed E-state index contributed by atoms with van der Waals surface area (Å²) in [7, 11) is -4.07. The van der Waals surface area contributed by atoms with Crippen LogP contribution in [0.4, 0.5) is 0 Å². The molecule has 0 saturated heterocycles. The summed E-state index contributed by atoms with van der Waals surface area (Å²) in [6.07, 6.45) is 24.3. The Kier molecular flexibility index (Phi) is 22.3. The van der Waals surface area contributed by atoms with Crippen LogP contribution in [0.25, 0.3) is 50.8 Å². The molecule has 1 aliphatic heterocycles. The van der Waals surface area contributed by atoms with Gasteiger partial charge < -0.3 is 0 Å². The maximum atomic E-state index is 15.3. The van der Waals surface area contributed by atoms with Gasteiger partial charge in [-0.05, 0) is 118 Å². The number of unbranched alkanes of at least 4 members (excludes halogenated alkanes) is 7. The highest BCUT2D eigenvalue weighted by molar-refractivity contribution is 7.90. The molecule has 6 heterocycles. The molecular formula is C68H99NO3S6. The number of sulfonamides is 1. The highest BCUT2D eigenvalue weighted by atomic mass is 32.2. The van der Waals surface area contributed by atoms with Crippen molar-refractivity contribution < 1.29 is 13.2 Å². The van der Waals surface area contributed by atoms with E-state index in [0.29, 0.717) is 46.5 Å². The first-order valence-corrected chi connectivity index (χ1v) is 36.3. The second kappa shape index (κ2) is 27.7. The van der Waals surface area contributed by atoms with Gasteiger partial charge in [0.25, 0.3) is 15.9 Å². The fourth-order valence-corrected chi connectivity index (χ4v) is 21.2. The molecule has 5 unspecified atom stereocenters. The lowest BCUT2D eigenvalue weighted by atomic mass is 9.69. The summed E-state index contributed by atoms with van der Waals surface area (Å²) in [5, 5.41) is 2.55. The van der Waals surface area contributed by atoms with Gasteiger partial charge in [0.15, 0.2) is 0 Å². The van der Waals surface area contributed by atoms with Gasteiger partial charge in [-0.3, -0.25) is 4.79 Å². The Morgan fingerprint density at radius 2 is 1.19 bits per heavy atom. The number of allylic oxidation sites excluding steroid dienone is 2. The minimum absolute atomic E-state index is 0.0899. The van der Waals surface area contributed by atoms with Crippen molar-refractivity contribution in [3.63, 3.8) is 0 Å². The lowest BCUT2D eigenvalue weighted by molar-refractivity contribution is 0.0870. The first-order chi connectivity index (χ1) is 37.2. The zero-order chi connectivity index (χ0) is 56.7. The standard InChI is InChI=1S/C68H99NO3S6/c1-16-22-25-26-27-28-39-69-66(70)60-63(77-65(64(60)78(69,71)72)67(14,21-6)37-35-44(7)8)56-42-52-58(54-33-31-50(73-54)40-48(19-4)29-23-17-2)62-53(43-57(76-62)68(15,38-36-45(9)10)47(13)46(11)12)59(61(52)75-56)55-34-32-51(74-55)41-49(20-5)30-24-18-3/h31-34,36,42-44,46-49H,16-30,35,37-41H2,1-15H3. The minimum atomic E-state index is -4.07. The quantitative estimate of drug-likeness (QED) is 0.0312. The van der Waals surface area contributed by atoms with Crippen LogP contribution in [-0.2, 0) is 33.7 Å². The molecule has 0 spiro atoms. The number of benzene rings is 1. The van der Waals surface area contributed by atoms with E-state index in [1.807, 2.05) is 34.0 Å². The van der Waals surface area contributed by atoms with E-state index < -0.39 is 15.4 Å². The summed E-state index contributed by atoms with van der Waals surface area (Å²) < 4.78 is 34.3. The van der Waals surface area contributed by atoms with E-state index in [1.54, 1.807) is 22.7 Å². The van der Waals surface area contributed by atoms with Crippen molar-refractivity contribution in [2.75, 3.05) is 6.54 Å².